The standard InChI is InChI=1S/C19H27N5O2/c1-19(2,3)26-18(25)24-10-6-7-13(12-24)11-21-17-16(20)22-14-8-4-5-9-15(14)23-17/h4-5,8-9,13H,6-7,10-12H2,1-3H3,(H2,20,22)(H,21,23)/t13-/m1/s1. The maximum Gasteiger partial charge on any atom is 0.410 e. The first-order valence-corrected chi connectivity index (χ1v) is 9.06. The molecule has 7 heteroatoms. The van der Waals surface area contributed by atoms with E-state index in [1.54, 1.807) is 4.90 Å². The fourth-order valence-electron chi connectivity index (χ4n) is 3.11. The second kappa shape index (κ2) is 7.35. The average Bonchev–Trinajstić information content (AvgIpc) is 2.58. The number of amides is 1. The number of nitrogens with zero attached hydrogens (tertiary/aromatic N) is 3. The number of anilines is 2. The number of ether oxygens (including phenoxy) is 1. The summed E-state index contributed by atoms with van der Waals surface area (Å²) in [7, 11) is 0. The Bertz CT molecular complexity index is 787. The number of aromatic nitrogens is 2. The number of fused-ring (bicyclic) bond motifs is 1. The fraction of sp³-hybridized carbons (Fsp3) is 0.526. The molecule has 0 aliphatic carbocycles. The first-order valence-electron chi connectivity index (χ1n) is 9.06. The molecule has 2 aromatic rings. The Morgan fingerprint density at radius 1 is 1.31 bits per heavy atom. The molecule has 0 unspecified atom stereocenters. The van der Waals surface area contributed by atoms with Crippen LogP contribution in [0.5, 0.6) is 0 Å². The summed E-state index contributed by atoms with van der Waals surface area (Å²) in [6, 6.07) is 7.65. The van der Waals surface area contributed by atoms with E-state index in [1.807, 2.05) is 45.0 Å². The predicted molar refractivity (Wildman–Crippen MR) is 103 cm³/mol. The van der Waals surface area contributed by atoms with E-state index in [0.29, 0.717) is 30.6 Å². The number of hydrogen-bond donors (Lipinski definition) is 2. The monoisotopic (exact) mass is 357 g/mol. The van der Waals surface area contributed by atoms with E-state index < -0.39 is 5.60 Å². The van der Waals surface area contributed by atoms with Crippen molar-refractivity contribution in [3.8, 4) is 0 Å². The van der Waals surface area contributed by atoms with Crippen LogP contribution in [0.25, 0.3) is 11.0 Å². The smallest absolute Gasteiger partial charge is 0.410 e. The topological polar surface area (TPSA) is 93.4 Å². The van der Waals surface area contributed by atoms with Gasteiger partial charge in [-0.2, -0.15) is 0 Å². The Balaban J connectivity index is 1.61. The Morgan fingerprint density at radius 2 is 2.00 bits per heavy atom. The first kappa shape index (κ1) is 18.2. The number of nitrogens with two attached hydrogens (primary N) is 1. The van der Waals surface area contributed by atoms with E-state index in [0.717, 1.165) is 30.4 Å². The normalized spacial score (nSPS) is 18.0. The van der Waals surface area contributed by atoms with Gasteiger partial charge in [0, 0.05) is 19.6 Å². The molecule has 7 nitrogen and oxygen atoms in total. The zero-order valence-electron chi connectivity index (χ0n) is 15.7. The molecular formula is C19H27N5O2. The van der Waals surface area contributed by atoms with Crippen LogP contribution in [-0.2, 0) is 4.74 Å². The Hall–Kier alpha value is -2.57. The van der Waals surface area contributed by atoms with Crippen LogP contribution in [0, 0.1) is 5.92 Å². The van der Waals surface area contributed by atoms with Crippen LogP contribution in [0.2, 0.25) is 0 Å². The molecule has 1 fully saturated rings. The minimum atomic E-state index is -0.475. The number of likely N-dealkylation sites (tertiary alicyclic amines) is 1. The Labute approximate surface area is 153 Å². The van der Waals surface area contributed by atoms with E-state index >= 15 is 0 Å². The largest absolute Gasteiger partial charge is 0.444 e. The lowest BCUT2D eigenvalue weighted by atomic mass is 9.98. The highest BCUT2D eigenvalue weighted by Crippen LogP contribution is 2.22. The third-order valence-electron chi connectivity index (χ3n) is 4.33. The Kier molecular flexibility index (Phi) is 5.15. The van der Waals surface area contributed by atoms with Gasteiger partial charge in [0.2, 0.25) is 0 Å². The van der Waals surface area contributed by atoms with Crippen molar-refractivity contribution in [3.05, 3.63) is 24.3 Å². The molecule has 1 aliphatic rings. The predicted octanol–water partition coefficient (Wildman–Crippen LogP) is 3.27. The van der Waals surface area contributed by atoms with E-state index in [2.05, 4.69) is 15.3 Å². The minimum Gasteiger partial charge on any atom is -0.444 e. The molecule has 0 bridgehead atoms. The molecule has 1 aromatic carbocycles. The quantitative estimate of drug-likeness (QED) is 0.876. The summed E-state index contributed by atoms with van der Waals surface area (Å²) in [6.45, 7) is 7.75. The molecule has 1 atom stereocenters. The SMILES string of the molecule is CC(C)(C)OC(=O)N1CCC[C@H](CNc2nc3ccccc3nc2N)C1. The van der Waals surface area contributed by atoms with E-state index in [1.165, 1.54) is 0 Å². The highest BCUT2D eigenvalue weighted by atomic mass is 16.6. The second-order valence-corrected chi connectivity index (χ2v) is 7.76. The van der Waals surface area contributed by atoms with Crippen molar-refractivity contribution in [2.75, 3.05) is 30.7 Å². The number of rotatable bonds is 3. The van der Waals surface area contributed by atoms with Crippen molar-refractivity contribution in [2.45, 2.75) is 39.2 Å². The van der Waals surface area contributed by atoms with Gasteiger partial charge in [-0.15, -0.1) is 0 Å². The van der Waals surface area contributed by atoms with Crippen LogP contribution in [0.4, 0.5) is 16.4 Å². The molecule has 3 rings (SSSR count). The van der Waals surface area contributed by atoms with Gasteiger partial charge in [-0.25, -0.2) is 14.8 Å². The van der Waals surface area contributed by atoms with Gasteiger partial charge in [0.25, 0.3) is 0 Å². The Morgan fingerprint density at radius 3 is 2.69 bits per heavy atom. The second-order valence-electron chi connectivity index (χ2n) is 7.76. The van der Waals surface area contributed by atoms with Crippen LogP contribution in [0.1, 0.15) is 33.6 Å². The fourth-order valence-corrected chi connectivity index (χ4v) is 3.11. The van der Waals surface area contributed by atoms with Crippen LogP contribution < -0.4 is 11.1 Å². The minimum absolute atomic E-state index is 0.243. The molecule has 2 heterocycles. The van der Waals surface area contributed by atoms with Crippen LogP contribution in [0.3, 0.4) is 0 Å². The zero-order chi connectivity index (χ0) is 18.7. The third kappa shape index (κ3) is 4.53. The summed E-state index contributed by atoms with van der Waals surface area (Å²) in [5, 5.41) is 3.31. The van der Waals surface area contributed by atoms with Gasteiger partial charge in [0.15, 0.2) is 11.6 Å². The maximum absolute atomic E-state index is 12.3. The van der Waals surface area contributed by atoms with Crippen molar-refractivity contribution < 1.29 is 9.53 Å². The van der Waals surface area contributed by atoms with E-state index in [-0.39, 0.29) is 6.09 Å². The van der Waals surface area contributed by atoms with Gasteiger partial charge >= 0.3 is 6.09 Å². The van der Waals surface area contributed by atoms with Gasteiger partial charge in [0.05, 0.1) is 11.0 Å². The summed E-state index contributed by atoms with van der Waals surface area (Å²) in [6.07, 6.45) is 1.77. The van der Waals surface area contributed by atoms with Gasteiger partial charge in [-0.3, -0.25) is 0 Å². The van der Waals surface area contributed by atoms with E-state index in [4.69, 9.17) is 10.5 Å². The number of piperidine rings is 1. The number of carbonyl (C=O) groups excluding carboxylic acids is 1. The number of benzene rings is 1. The van der Waals surface area contributed by atoms with Crippen molar-refractivity contribution in [1.82, 2.24) is 14.9 Å². The zero-order valence-corrected chi connectivity index (χ0v) is 15.7. The molecule has 0 saturated carbocycles. The summed E-state index contributed by atoms with van der Waals surface area (Å²) in [5.74, 6) is 1.31. The molecule has 1 aliphatic heterocycles. The lowest BCUT2D eigenvalue weighted by molar-refractivity contribution is 0.0172. The lowest BCUT2D eigenvalue weighted by Crippen LogP contribution is -2.44. The highest BCUT2D eigenvalue weighted by molar-refractivity contribution is 5.79. The lowest BCUT2D eigenvalue weighted by Gasteiger charge is -2.34. The highest BCUT2D eigenvalue weighted by Gasteiger charge is 2.27. The maximum atomic E-state index is 12.3. The van der Waals surface area contributed by atoms with Crippen molar-refractivity contribution in [2.24, 2.45) is 5.92 Å². The van der Waals surface area contributed by atoms with Gasteiger partial charge < -0.3 is 20.7 Å². The molecule has 140 valence electrons. The number of hydrogen-bond acceptors (Lipinski definition) is 6. The third-order valence-corrected chi connectivity index (χ3v) is 4.33. The molecule has 1 aromatic heterocycles. The number of para-hydroxylation sites is 2. The summed E-state index contributed by atoms with van der Waals surface area (Å²) in [5.41, 5.74) is 7.14. The molecule has 1 amide bonds. The van der Waals surface area contributed by atoms with Crippen LogP contribution >= 0.6 is 0 Å². The van der Waals surface area contributed by atoms with Gasteiger partial charge in [0.1, 0.15) is 5.60 Å². The van der Waals surface area contributed by atoms with E-state index in [9.17, 15) is 4.79 Å². The number of nitrogen functional groups attached to an aromatic ring is 1. The van der Waals surface area contributed by atoms with Crippen LogP contribution in [-0.4, -0.2) is 46.2 Å². The van der Waals surface area contributed by atoms with Crippen LogP contribution in [0.15, 0.2) is 24.3 Å². The molecule has 3 N–H and O–H groups in total. The van der Waals surface area contributed by atoms with Crippen molar-refractivity contribution >= 4 is 28.8 Å². The van der Waals surface area contributed by atoms with Gasteiger partial charge in [-0.05, 0) is 51.7 Å². The average molecular weight is 357 g/mol. The summed E-state index contributed by atoms with van der Waals surface area (Å²) >= 11 is 0. The van der Waals surface area contributed by atoms with Gasteiger partial charge in [-0.1, -0.05) is 12.1 Å². The number of carbonyl (C=O) groups is 1. The molecule has 0 radical (unpaired) electrons. The van der Waals surface area contributed by atoms with Crippen molar-refractivity contribution in [3.63, 3.8) is 0 Å². The summed E-state index contributed by atoms with van der Waals surface area (Å²) < 4.78 is 5.48. The molecular weight excluding hydrogens is 330 g/mol. The molecule has 26 heavy (non-hydrogen) atoms. The first-order chi connectivity index (χ1) is 12.3. The number of nitrogens with one attached hydrogen (secondary N) is 1. The molecule has 0 spiro atoms. The van der Waals surface area contributed by atoms with Crippen molar-refractivity contribution in [1.29, 1.82) is 0 Å². The molecule has 1 saturated heterocycles. The summed E-state index contributed by atoms with van der Waals surface area (Å²) in [4.78, 5) is 23.0.